The number of ether oxygens (including phenoxy) is 2. The smallest absolute Gasteiger partial charge is 0.410 e. The molecule has 0 radical (unpaired) electrons. The minimum absolute atomic E-state index is 0.122. The number of carboxylic acids is 1. The van der Waals surface area contributed by atoms with Gasteiger partial charge in [-0.25, -0.2) is 9.59 Å². The number of hydrogen-bond acceptors (Lipinski definition) is 8. The van der Waals surface area contributed by atoms with Crippen molar-refractivity contribution < 1.29 is 43.3 Å². The highest BCUT2D eigenvalue weighted by molar-refractivity contribution is 5.97. The number of hydrogen-bond donors (Lipinski definition) is 3. The molecule has 2 rings (SSSR count). The molecule has 0 spiro atoms. The third kappa shape index (κ3) is 11.1. The van der Waals surface area contributed by atoms with Gasteiger partial charge in [0.1, 0.15) is 23.7 Å². The molecule has 1 aromatic carbocycles. The van der Waals surface area contributed by atoms with E-state index < -0.39 is 82.8 Å². The molecule has 1 heterocycles. The molecule has 0 saturated heterocycles. The minimum Gasteiger partial charge on any atom is -0.480 e. The van der Waals surface area contributed by atoms with Crippen LogP contribution in [-0.4, -0.2) is 106 Å². The summed E-state index contributed by atoms with van der Waals surface area (Å²) in [6, 6.07) is 3.37. The van der Waals surface area contributed by atoms with Gasteiger partial charge in [-0.15, -0.1) is 0 Å². The van der Waals surface area contributed by atoms with Gasteiger partial charge in [-0.05, 0) is 50.7 Å². The van der Waals surface area contributed by atoms with Crippen LogP contribution in [0, 0.1) is 11.3 Å². The number of nitrogens with one attached hydrogen (secondary N) is 2. The summed E-state index contributed by atoms with van der Waals surface area (Å²) in [7, 11) is 6.11. The summed E-state index contributed by atoms with van der Waals surface area (Å²) >= 11 is 0. The van der Waals surface area contributed by atoms with Crippen LogP contribution < -0.4 is 10.6 Å². The zero-order chi connectivity index (χ0) is 41.7. The number of benzene rings is 1. The van der Waals surface area contributed by atoms with E-state index in [9.17, 15) is 33.9 Å². The van der Waals surface area contributed by atoms with Crippen LogP contribution in [0.25, 0.3) is 10.9 Å². The van der Waals surface area contributed by atoms with Crippen LogP contribution in [0.4, 0.5) is 4.79 Å². The van der Waals surface area contributed by atoms with E-state index in [0.29, 0.717) is 0 Å². The Kier molecular flexibility index (Phi) is 14.7. The highest BCUT2D eigenvalue weighted by Gasteiger charge is 2.47. The SMILES string of the molecule is COC(=O)C[C@H](NC(=O)/C(C)=C/[C@H](C(C)C)N(C)C(=O)[C@@H](NC(=O)[C@@H](N(C)C(=O)OC(C)(C)C)C(C)(C)c1cn(C)c2ccccc12)C(C)(C)C)C(=O)O. The van der Waals surface area contributed by atoms with Crippen LogP contribution in [-0.2, 0) is 45.9 Å². The maximum absolute atomic E-state index is 14.7. The topological polar surface area (TPSA) is 177 Å². The Hall–Kier alpha value is -4.88. The molecule has 0 aliphatic rings. The van der Waals surface area contributed by atoms with E-state index in [1.54, 1.807) is 33.9 Å². The van der Waals surface area contributed by atoms with Gasteiger partial charge in [0.05, 0.1) is 19.6 Å². The Morgan fingerprint density at radius 2 is 1.50 bits per heavy atom. The van der Waals surface area contributed by atoms with Gasteiger partial charge in [0.2, 0.25) is 17.7 Å². The van der Waals surface area contributed by atoms with E-state index in [-0.39, 0.29) is 11.5 Å². The van der Waals surface area contributed by atoms with Crippen molar-refractivity contribution in [3.05, 3.63) is 47.7 Å². The molecule has 300 valence electrons. The number of rotatable bonds is 14. The highest BCUT2D eigenvalue weighted by Crippen LogP contribution is 2.37. The summed E-state index contributed by atoms with van der Waals surface area (Å²) < 4.78 is 12.2. The number of aromatic nitrogens is 1. The van der Waals surface area contributed by atoms with Gasteiger partial charge in [-0.2, -0.15) is 0 Å². The monoisotopic (exact) mass is 755 g/mol. The van der Waals surface area contributed by atoms with Gasteiger partial charge < -0.3 is 34.7 Å². The van der Waals surface area contributed by atoms with Crippen molar-refractivity contribution in [3.63, 3.8) is 0 Å². The molecule has 2 aromatic rings. The van der Waals surface area contributed by atoms with Gasteiger partial charge in [0.25, 0.3) is 0 Å². The summed E-state index contributed by atoms with van der Waals surface area (Å²) in [5.41, 5.74) is -0.766. The number of carboxylic acid groups (broad SMARTS) is 1. The number of likely N-dealkylation sites (N-methyl/N-ethyl adjacent to an activating group) is 2. The van der Waals surface area contributed by atoms with Crippen molar-refractivity contribution in [1.29, 1.82) is 0 Å². The molecule has 1 aromatic heterocycles. The molecule has 0 unspecified atom stereocenters. The Morgan fingerprint density at radius 3 is 2.00 bits per heavy atom. The molecular formula is C40H61N5O9. The Bertz CT molecular complexity index is 1750. The largest absolute Gasteiger partial charge is 0.480 e. The van der Waals surface area contributed by atoms with E-state index in [0.717, 1.165) is 23.6 Å². The van der Waals surface area contributed by atoms with Crippen molar-refractivity contribution in [2.45, 2.75) is 118 Å². The maximum Gasteiger partial charge on any atom is 0.410 e. The van der Waals surface area contributed by atoms with Crippen molar-refractivity contribution in [1.82, 2.24) is 25.0 Å². The van der Waals surface area contributed by atoms with E-state index in [4.69, 9.17) is 4.74 Å². The number of nitrogens with zero attached hydrogens (tertiary/aromatic N) is 3. The van der Waals surface area contributed by atoms with Crippen LogP contribution >= 0.6 is 0 Å². The first kappa shape index (κ1) is 45.3. The number of amides is 4. The van der Waals surface area contributed by atoms with Crippen LogP contribution in [0.3, 0.4) is 0 Å². The summed E-state index contributed by atoms with van der Waals surface area (Å²) in [5.74, 6) is -4.18. The zero-order valence-corrected chi connectivity index (χ0v) is 34.6. The predicted octanol–water partition coefficient (Wildman–Crippen LogP) is 4.78. The normalized spacial score (nSPS) is 14.8. The maximum atomic E-state index is 14.7. The van der Waals surface area contributed by atoms with Crippen molar-refractivity contribution in [2.75, 3.05) is 21.2 Å². The third-order valence-electron chi connectivity index (χ3n) is 9.45. The van der Waals surface area contributed by atoms with Crippen LogP contribution in [0.5, 0.6) is 0 Å². The standard InChI is InChI=1S/C40H61N5O9/c1-23(2)29(20-24(3)33(47)41-27(36(50)51)21-30(46)53-15)44(13)35(49)31(38(4,5)6)42-34(48)32(45(14)37(52)54-39(7,8)9)40(10,11)26-22-43(12)28-19-17-16-18-25(26)28/h16-20,22-23,27,29,31-32H,21H2,1-15H3,(H,41,47)(H,42,48)(H,50,51)/b24-20+/t27-,29+,31+,32+/m0/s1. The zero-order valence-electron chi connectivity index (χ0n) is 34.6. The highest BCUT2D eigenvalue weighted by atomic mass is 16.6. The molecule has 0 aliphatic carbocycles. The second-order valence-corrected chi connectivity index (χ2v) is 16.9. The first-order chi connectivity index (χ1) is 24.6. The molecule has 0 bridgehead atoms. The summed E-state index contributed by atoms with van der Waals surface area (Å²) in [4.78, 5) is 82.1. The lowest BCUT2D eigenvalue weighted by atomic mass is 9.76. The van der Waals surface area contributed by atoms with Crippen LogP contribution in [0.2, 0.25) is 0 Å². The lowest BCUT2D eigenvalue weighted by molar-refractivity contribution is -0.148. The number of aliphatic carboxylic acids is 1. The number of para-hydroxylation sites is 1. The second-order valence-electron chi connectivity index (χ2n) is 16.9. The lowest BCUT2D eigenvalue weighted by Crippen LogP contribution is -2.63. The van der Waals surface area contributed by atoms with Crippen molar-refractivity contribution in [2.24, 2.45) is 18.4 Å². The van der Waals surface area contributed by atoms with Crippen LogP contribution in [0.1, 0.15) is 88.1 Å². The predicted molar refractivity (Wildman–Crippen MR) is 206 cm³/mol. The average Bonchev–Trinajstić information content (AvgIpc) is 3.40. The molecular weight excluding hydrogens is 694 g/mol. The first-order valence-electron chi connectivity index (χ1n) is 18.0. The number of aryl methyl sites for hydroxylation is 1. The quantitative estimate of drug-likeness (QED) is 0.181. The summed E-state index contributed by atoms with van der Waals surface area (Å²) in [5, 5.41) is 15.8. The fourth-order valence-corrected chi connectivity index (χ4v) is 6.46. The van der Waals surface area contributed by atoms with Gasteiger partial charge in [-0.1, -0.05) is 72.7 Å². The minimum atomic E-state index is -1.52. The molecule has 14 heteroatoms. The number of fused-ring (bicyclic) bond motifs is 1. The van der Waals surface area contributed by atoms with Gasteiger partial charge in [-0.3, -0.25) is 24.1 Å². The molecule has 0 fully saturated rings. The molecule has 3 N–H and O–H groups in total. The lowest BCUT2D eigenvalue weighted by Gasteiger charge is -2.42. The Balaban J connectivity index is 2.58. The molecule has 4 amide bonds. The van der Waals surface area contributed by atoms with E-state index in [2.05, 4.69) is 15.4 Å². The van der Waals surface area contributed by atoms with Crippen molar-refractivity contribution in [3.8, 4) is 0 Å². The summed E-state index contributed by atoms with van der Waals surface area (Å²) in [6.07, 6.45) is 2.23. The molecule has 54 heavy (non-hydrogen) atoms. The fourth-order valence-electron chi connectivity index (χ4n) is 6.46. The average molecular weight is 756 g/mol. The second kappa shape index (κ2) is 17.5. The van der Waals surface area contributed by atoms with E-state index >= 15 is 0 Å². The third-order valence-corrected chi connectivity index (χ3v) is 9.45. The van der Waals surface area contributed by atoms with Gasteiger partial charge in [0, 0.05) is 49.2 Å². The van der Waals surface area contributed by atoms with Crippen LogP contribution in [0.15, 0.2) is 42.1 Å². The molecule has 0 aliphatic heterocycles. The number of carbonyl (C=O) groups is 6. The first-order valence-corrected chi connectivity index (χ1v) is 18.0. The van der Waals surface area contributed by atoms with Crippen molar-refractivity contribution >= 4 is 46.7 Å². The molecule has 4 atom stereocenters. The van der Waals surface area contributed by atoms with Gasteiger partial charge in [0.15, 0.2) is 0 Å². The Labute approximate surface area is 319 Å². The van der Waals surface area contributed by atoms with E-state index in [1.165, 1.54) is 23.8 Å². The number of carbonyl (C=O) groups excluding carboxylic acids is 5. The molecule has 0 saturated carbocycles. The Morgan fingerprint density at radius 1 is 0.926 bits per heavy atom. The number of methoxy groups -OCH3 is 1. The fraction of sp³-hybridized carbons (Fsp3) is 0.600. The number of esters is 1. The molecule has 14 nitrogen and oxygen atoms in total. The van der Waals surface area contributed by atoms with E-state index in [1.807, 2.05) is 90.5 Å². The van der Waals surface area contributed by atoms with Gasteiger partial charge >= 0.3 is 18.0 Å². The summed E-state index contributed by atoms with van der Waals surface area (Å²) in [6.45, 7) is 19.6.